The van der Waals surface area contributed by atoms with Crippen molar-refractivity contribution < 1.29 is 13.2 Å². The minimum absolute atomic E-state index is 0.0618. The van der Waals surface area contributed by atoms with Gasteiger partial charge in [0.25, 0.3) is 5.91 Å². The van der Waals surface area contributed by atoms with Crippen LogP contribution in [0.5, 0.6) is 0 Å². The van der Waals surface area contributed by atoms with Crippen molar-refractivity contribution in [3.8, 4) is 0 Å². The number of carbonyl (C=O) groups is 1. The number of amides is 1. The normalized spacial score (nSPS) is 14.2. The Kier molecular flexibility index (Phi) is 7.74. The molecule has 0 aliphatic heterocycles. The zero-order valence-electron chi connectivity index (χ0n) is 19.7. The number of halogens is 2. The first kappa shape index (κ1) is 25.5. The maximum Gasteiger partial charge on any atom is 0.251 e. The molecule has 0 aromatic heterocycles. The van der Waals surface area contributed by atoms with Crippen molar-refractivity contribution in [2.24, 2.45) is 0 Å². The van der Waals surface area contributed by atoms with Gasteiger partial charge in [0.15, 0.2) is 0 Å². The van der Waals surface area contributed by atoms with E-state index in [1.807, 2.05) is 6.92 Å². The summed E-state index contributed by atoms with van der Waals surface area (Å²) in [5.74, 6) is -0.181. The van der Waals surface area contributed by atoms with Crippen LogP contribution in [0.25, 0.3) is 0 Å². The van der Waals surface area contributed by atoms with Gasteiger partial charge in [0.1, 0.15) is 0 Å². The summed E-state index contributed by atoms with van der Waals surface area (Å²) in [4.78, 5) is 12.9. The summed E-state index contributed by atoms with van der Waals surface area (Å²) in [7, 11) is -3.62. The van der Waals surface area contributed by atoms with Crippen LogP contribution in [0, 0.1) is 0 Å². The number of carbonyl (C=O) groups excluding carboxylic acids is 1. The largest absolute Gasteiger partial charge is 0.346 e. The Morgan fingerprint density at radius 3 is 2.37 bits per heavy atom. The number of aryl methyl sites for hydroxylation is 2. The molecule has 3 aromatic carbocycles. The molecule has 35 heavy (non-hydrogen) atoms. The van der Waals surface area contributed by atoms with E-state index >= 15 is 0 Å². The molecule has 0 saturated heterocycles. The number of anilines is 1. The SMILES string of the molecule is C[C@H](NC(=O)c1ccc(CN(c2cccc(Cl)c2Cl)S(C)(=O)=O)cc1)c1ccc2c(c1)CCCC2. The van der Waals surface area contributed by atoms with E-state index in [4.69, 9.17) is 23.2 Å². The average molecular weight is 532 g/mol. The van der Waals surface area contributed by atoms with Crippen molar-refractivity contribution in [1.29, 1.82) is 0 Å². The molecule has 0 heterocycles. The predicted octanol–water partition coefficient (Wildman–Crippen LogP) is 6.33. The van der Waals surface area contributed by atoms with Crippen molar-refractivity contribution >= 4 is 44.8 Å². The molecule has 1 amide bonds. The Hall–Kier alpha value is -2.54. The number of nitrogens with one attached hydrogen (secondary N) is 1. The molecule has 0 radical (unpaired) electrons. The van der Waals surface area contributed by atoms with Gasteiger partial charge in [0, 0.05) is 5.56 Å². The zero-order valence-corrected chi connectivity index (χ0v) is 22.1. The molecule has 0 spiro atoms. The van der Waals surface area contributed by atoms with E-state index in [1.54, 1.807) is 42.5 Å². The Labute approximate surface area is 217 Å². The Morgan fingerprint density at radius 1 is 1.00 bits per heavy atom. The first-order valence-corrected chi connectivity index (χ1v) is 14.2. The van der Waals surface area contributed by atoms with E-state index in [0.29, 0.717) is 16.8 Å². The molecule has 0 unspecified atom stereocenters. The van der Waals surface area contributed by atoms with Crippen molar-refractivity contribution in [3.05, 3.63) is 98.5 Å². The number of hydrogen-bond acceptors (Lipinski definition) is 3. The van der Waals surface area contributed by atoms with Crippen LogP contribution >= 0.6 is 23.2 Å². The van der Waals surface area contributed by atoms with Crippen LogP contribution in [0.3, 0.4) is 0 Å². The molecule has 4 rings (SSSR count). The fourth-order valence-corrected chi connectivity index (χ4v) is 5.72. The highest BCUT2D eigenvalue weighted by Gasteiger charge is 2.22. The summed E-state index contributed by atoms with van der Waals surface area (Å²) in [5, 5.41) is 3.51. The highest BCUT2D eigenvalue weighted by atomic mass is 35.5. The third-order valence-corrected chi connectivity index (χ3v) is 8.30. The first-order valence-electron chi connectivity index (χ1n) is 11.6. The quantitative estimate of drug-likeness (QED) is 0.388. The molecule has 5 nitrogen and oxygen atoms in total. The zero-order chi connectivity index (χ0) is 25.2. The van der Waals surface area contributed by atoms with Crippen LogP contribution in [0.15, 0.2) is 60.7 Å². The fourth-order valence-electron chi connectivity index (χ4n) is 4.38. The second-order valence-electron chi connectivity index (χ2n) is 8.97. The summed E-state index contributed by atoms with van der Waals surface area (Å²) in [6.07, 6.45) is 5.79. The lowest BCUT2D eigenvalue weighted by atomic mass is 9.89. The Morgan fingerprint density at radius 2 is 1.69 bits per heavy atom. The van der Waals surface area contributed by atoms with Gasteiger partial charge >= 0.3 is 0 Å². The summed E-state index contributed by atoms with van der Waals surface area (Å²) in [6.45, 7) is 2.04. The van der Waals surface area contributed by atoms with Gasteiger partial charge < -0.3 is 5.32 Å². The van der Waals surface area contributed by atoms with Gasteiger partial charge in [-0.05, 0) is 79.1 Å². The maximum atomic E-state index is 12.9. The van der Waals surface area contributed by atoms with Crippen molar-refractivity contribution in [2.75, 3.05) is 10.6 Å². The molecule has 0 fully saturated rings. The number of rotatable bonds is 7. The monoisotopic (exact) mass is 530 g/mol. The lowest BCUT2D eigenvalue weighted by molar-refractivity contribution is 0.0940. The third-order valence-electron chi connectivity index (χ3n) is 6.36. The van der Waals surface area contributed by atoms with Gasteiger partial charge in [0.2, 0.25) is 10.0 Å². The molecule has 184 valence electrons. The van der Waals surface area contributed by atoms with Gasteiger partial charge in [-0.25, -0.2) is 8.42 Å². The van der Waals surface area contributed by atoms with Crippen molar-refractivity contribution in [1.82, 2.24) is 5.32 Å². The number of nitrogens with zero attached hydrogens (tertiary/aromatic N) is 1. The minimum Gasteiger partial charge on any atom is -0.346 e. The molecular weight excluding hydrogens is 503 g/mol. The molecule has 1 atom stereocenters. The van der Waals surface area contributed by atoms with Crippen molar-refractivity contribution in [3.63, 3.8) is 0 Å². The second kappa shape index (κ2) is 10.6. The molecule has 1 aliphatic carbocycles. The number of sulfonamides is 1. The smallest absolute Gasteiger partial charge is 0.251 e. The molecule has 0 saturated carbocycles. The highest BCUT2D eigenvalue weighted by molar-refractivity contribution is 7.92. The highest BCUT2D eigenvalue weighted by Crippen LogP contribution is 2.34. The molecule has 1 aliphatic rings. The number of benzene rings is 3. The molecular formula is C27H28Cl2N2O3S. The van der Waals surface area contributed by atoms with Crippen LogP contribution in [-0.2, 0) is 29.4 Å². The third kappa shape index (κ3) is 6.00. The van der Waals surface area contributed by atoms with E-state index in [9.17, 15) is 13.2 Å². The van der Waals surface area contributed by atoms with E-state index in [0.717, 1.165) is 24.7 Å². The summed E-state index contributed by atoms with van der Waals surface area (Å²) in [5.41, 5.74) is 5.42. The van der Waals surface area contributed by atoms with Gasteiger partial charge in [0.05, 0.1) is 34.6 Å². The van der Waals surface area contributed by atoms with E-state index in [2.05, 4.69) is 23.5 Å². The Bertz CT molecular complexity index is 1340. The van der Waals surface area contributed by atoms with Gasteiger partial charge in [-0.1, -0.05) is 59.6 Å². The van der Waals surface area contributed by atoms with Gasteiger partial charge in [-0.3, -0.25) is 9.10 Å². The summed E-state index contributed by atoms with van der Waals surface area (Å²) >= 11 is 12.4. The van der Waals surface area contributed by atoms with E-state index in [1.165, 1.54) is 28.3 Å². The average Bonchev–Trinajstić information content (AvgIpc) is 2.84. The predicted molar refractivity (Wildman–Crippen MR) is 143 cm³/mol. The second-order valence-corrected chi connectivity index (χ2v) is 11.7. The van der Waals surface area contributed by atoms with Crippen molar-refractivity contribution in [2.45, 2.75) is 45.2 Å². The lowest BCUT2D eigenvalue weighted by Crippen LogP contribution is -2.29. The summed E-state index contributed by atoms with van der Waals surface area (Å²) in [6, 6.07) is 18.1. The maximum absolute atomic E-state index is 12.9. The number of hydrogen-bond donors (Lipinski definition) is 1. The molecule has 0 bridgehead atoms. The minimum atomic E-state index is -3.62. The Balaban J connectivity index is 1.47. The fraction of sp³-hybridized carbons (Fsp3) is 0.296. The molecule has 1 N–H and O–H groups in total. The van der Waals surface area contributed by atoms with Crippen LogP contribution < -0.4 is 9.62 Å². The topological polar surface area (TPSA) is 66.5 Å². The molecule has 3 aromatic rings. The van der Waals surface area contributed by atoms with Gasteiger partial charge in [-0.2, -0.15) is 0 Å². The van der Waals surface area contributed by atoms with Crippen LogP contribution in [0.4, 0.5) is 5.69 Å². The van der Waals surface area contributed by atoms with Crippen LogP contribution in [0.1, 0.15) is 58.4 Å². The van der Waals surface area contributed by atoms with Crippen LogP contribution in [-0.4, -0.2) is 20.6 Å². The lowest BCUT2D eigenvalue weighted by Gasteiger charge is -2.24. The molecule has 8 heteroatoms. The first-order chi connectivity index (χ1) is 16.6. The van der Waals surface area contributed by atoms with Gasteiger partial charge in [-0.15, -0.1) is 0 Å². The van der Waals surface area contributed by atoms with Crippen LogP contribution in [0.2, 0.25) is 10.0 Å². The summed E-state index contributed by atoms with van der Waals surface area (Å²) < 4.78 is 26.2. The van der Waals surface area contributed by atoms with E-state index in [-0.39, 0.29) is 28.5 Å². The standard InChI is InChI=1S/C27H28Cl2N2O3S/c1-18(22-15-14-20-6-3-4-7-23(20)16-22)30-27(32)21-12-10-19(11-13-21)17-31(35(2,33)34)25-9-5-8-24(28)26(25)29/h5,8-16,18H,3-4,6-7,17H2,1-2H3,(H,30,32)/t18-/m0/s1. The van der Waals surface area contributed by atoms with E-state index < -0.39 is 10.0 Å². The number of fused-ring (bicyclic) bond motifs is 1.